The highest BCUT2D eigenvalue weighted by Crippen LogP contribution is 2.13. The third kappa shape index (κ3) is 1.48. The fraction of sp³-hybridized carbons (Fsp3) is 0.857. The Bertz CT molecular complexity index is 116. The second-order valence-electron chi connectivity index (χ2n) is 2.73. The van der Waals surface area contributed by atoms with Gasteiger partial charge in [-0.2, -0.15) is 0 Å². The lowest BCUT2D eigenvalue weighted by molar-refractivity contribution is -0.121. The summed E-state index contributed by atoms with van der Waals surface area (Å²) in [5.74, 6) is 0. The molecule has 1 atom stereocenters. The fourth-order valence-corrected chi connectivity index (χ4v) is 1.41. The SMILES string of the molecule is NCC1CCCCN1C=O. The molecule has 1 amide bonds. The Hall–Kier alpha value is -0.570. The van der Waals surface area contributed by atoms with Crippen LogP contribution >= 0.6 is 0 Å². The molecule has 1 heterocycles. The number of hydrogen-bond acceptors (Lipinski definition) is 2. The second-order valence-corrected chi connectivity index (χ2v) is 2.73. The average Bonchev–Trinajstić information content (AvgIpc) is 2.04. The molecule has 10 heavy (non-hydrogen) atoms. The predicted octanol–water partition coefficient (Wildman–Crippen LogP) is -0.0440. The van der Waals surface area contributed by atoms with Crippen molar-refractivity contribution in [1.82, 2.24) is 4.90 Å². The van der Waals surface area contributed by atoms with Gasteiger partial charge in [0.2, 0.25) is 6.41 Å². The maximum atomic E-state index is 10.4. The van der Waals surface area contributed by atoms with Crippen LogP contribution in [0.3, 0.4) is 0 Å². The number of carbonyl (C=O) groups excluding carboxylic acids is 1. The lowest BCUT2D eigenvalue weighted by Crippen LogP contribution is -2.42. The third-order valence-corrected chi connectivity index (χ3v) is 2.08. The van der Waals surface area contributed by atoms with Crippen molar-refractivity contribution >= 4 is 6.41 Å². The van der Waals surface area contributed by atoms with Gasteiger partial charge < -0.3 is 10.6 Å². The molecular formula is C7H14N2O. The summed E-state index contributed by atoms with van der Waals surface area (Å²) < 4.78 is 0. The molecule has 3 heteroatoms. The molecule has 1 rings (SSSR count). The van der Waals surface area contributed by atoms with Gasteiger partial charge in [-0.15, -0.1) is 0 Å². The van der Waals surface area contributed by atoms with E-state index in [-0.39, 0.29) is 0 Å². The van der Waals surface area contributed by atoms with E-state index in [0.29, 0.717) is 12.6 Å². The van der Waals surface area contributed by atoms with Crippen LogP contribution in [0.25, 0.3) is 0 Å². The molecular weight excluding hydrogens is 128 g/mol. The maximum Gasteiger partial charge on any atom is 0.209 e. The molecule has 1 aliphatic heterocycles. The molecule has 3 nitrogen and oxygen atoms in total. The van der Waals surface area contributed by atoms with Gasteiger partial charge in [-0.1, -0.05) is 0 Å². The first kappa shape index (κ1) is 7.54. The fourth-order valence-electron chi connectivity index (χ4n) is 1.41. The summed E-state index contributed by atoms with van der Waals surface area (Å²) >= 11 is 0. The first-order chi connectivity index (χ1) is 4.88. The van der Waals surface area contributed by atoms with Crippen LogP contribution < -0.4 is 5.73 Å². The minimum atomic E-state index is 0.311. The van der Waals surface area contributed by atoms with Crippen LogP contribution in [0.4, 0.5) is 0 Å². The van der Waals surface area contributed by atoms with Gasteiger partial charge in [-0.3, -0.25) is 4.79 Å². The molecule has 0 saturated carbocycles. The number of carbonyl (C=O) groups is 1. The third-order valence-electron chi connectivity index (χ3n) is 2.08. The number of amides is 1. The molecule has 1 aliphatic rings. The Balaban J connectivity index is 2.41. The lowest BCUT2D eigenvalue weighted by Gasteiger charge is -2.31. The van der Waals surface area contributed by atoms with Crippen LogP contribution in [0.1, 0.15) is 19.3 Å². The van der Waals surface area contributed by atoms with Crippen LogP contribution in [0.15, 0.2) is 0 Å². The van der Waals surface area contributed by atoms with E-state index >= 15 is 0 Å². The topological polar surface area (TPSA) is 46.3 Å². The summed E-state index contributed by atoms with van der Waals surface area (Å²) in [6.45, 7) is 1.50. The van der Waals surface area contributed by atoms with Crippen molar-refractivity contribution in [3.63, 3.8) is 0 Å². The number of rotatable bonds is 2. The molecule has 0 aromatic carbocycles. The summed E-state index contributed by atoms with van der Waals surface area (Å²) in [7, 11) is 0. The Kier molecular flexibility index (Phi) is 2.68. The van der Waals surface area contributed by atoms with Crippen molar-refractivity contribution in [2.75, 3.05) is 13.1 Å². The van der Waals surface area contributed by atoms with E-state index in [4.69, 9.17) is 5.73 Å². The van der Waals surface area contributed by atoms with Gasteiger partial charge in [0.1, 0.15) is 0 Å². The molecule has 1 saturated heterocycles. The molecule has 0 aromatic rings. The van der Waals surface area contributed by atoms with E-state index < -0.39 is 0 Å². The Morgan fingerprint density at radius 2 is 2.40 bits per heavy atom. The highest BCUT2D eigenvalue weighted by Gasteiger charge is 2.18. The summed E-state index contributed by atoms with van der Waals surface area (Å²) in [6.07, 6.45) is 4.34. The maximum absolute atomic E-state index is 10.4. The molecule has 0 aliphatic carbocycles. The van der Waals surface area contributed by atoms with Crippen LogP contribution in [0, 0.1) is 0 Å². The lowest BCUT2D eigenvalue weighted by atomic mass is 10.0. The largest absolute Gasteiger partial charge is 0.341 e. The van der Waals surface area contributed by atoms with Gasteiger partial charge in [-0.25, -0.2) is 0 Å². The molecule has 0 bridgehead atoms. The van der Waals surface area contributed by atoms with Crippen LogP contribution in [0.5, 0.6) is 0 Å². The summed E-state index contributed by atoms with van der Waals surface area (Å²) in [6, 6.07) is 0.311. The van der Waals surface area contributed by atoms with Gasteiger partial charge in [0, 0.05) is 19.1 Å². The highest BCUT2D eigenvalue weighted by molar-refractivity contribution is 5.47. The van der Waals surface area contributed by atoms with Gasteiger partial charge in [0.15, 0.2) is 0 Å². The number of likely N-dealkylation sites (tertiary alicyclic amines) is 1. The van der Waals surface area contributed by atoms with Crippen molar-refractivity contribution < 1.29 is 4.79 Å². The van der Waals surface area contributed by atoms with E-state index in [9.17, 15) is 4.79 Å². The number of piperidine rings is 1. The number of hydrogen-bond donors (Lipinski definition) is 1. The monoisotopic (exact) mass is 142 g/mol. The quantitative estimate of drug-likeness (QED) is 0.550. The second kappa shape index (κ2) is 3.56. The van der Waals surface area contributed by atoms with Crippen molar-refractivity contribution in [1.29, 1.82) is 0 Å². The van der Waals surface area contributed by atoms with E-state index in [1.54, 1.807) is 0 Å². The van der Waals surface area contributed by atoms with Gasteiger partial charge in [-0.05, 0) is 19.3 Å². The molecule has 58 valence electrons. The molecule has 0 aromatic heterocycles. The first-order valence-electron chi connectivity index (χ1n) is 3.79. The number of nitrogens with zero attached hydrogens (tertiary/aromatic N) is 1. The minimum absolute atomic E-state index is 0.311. The van der Waals surface area contributed by atoms with E-state index in [1.165, 1.54) is 6.42 Å². The zero-order valence-electron chi connectivity index (χ0n) is 6.12. The molecule has 2 N–H and O–H groups in total. The van der Waals surface area contributed by atoms with Gasteiger partial charge >= 0.3 is 0 Å². The average molecular weight is 142 g/mol. The zero-order chi connectivity index (χ0) is 7.40. The molecule has 1 unspecified atom stereocenters. The van der Waals surface area contributed by atoms with E-state index in [2.05, 4.69) is 0 Å². The van der Waals surface area contributed by atoms with Crippen molar-refractivity contribution in [2.45, 2.75) is 25.3 Å². The van der Waals surface area contributed by atoms with Crippen LogP contribution in [-0.4, -0.2) is 30.4 Å². The smallest absolute Gasteiger partial charge is 0.209 e. The van der Waals surface area contributed by atoms with Crippen LogP contribution in [-0.2, 0) is 4.79 Å². The standard InChI is InChI=1S/C7H14N2O/c8-5-7-3-1-2-4-9(7)6-10/h6-7H,1-5,8H2. The zero-order valence-corrected chi connectivity index (χ0v) is 6.12. The van der Waals surface area contributed by atoms with Crippen LogP contribution in [0.2, 0.25) is 0 Å². The molecule has 0 spiro atoms. The predicted molar refractivity (Wildman–Crippen MR) is 39.5 cm³/mol. The van der Waals surface area contributed by atoms with Crippen molar-refractivity contribution in [2.24, 2.45) is 5.73 Å². The van der Waals surface area contributed by atoms with Gasteiger partial charge in [0.25, 0.3) is 0 Å². The first-order valence-corrected chi connectivity index (χ1v) is 3.79. The van der Waals surface area contributed by atoms with E-state index in [0.717, 1.165) is 25.8 Å². The summed E-state index contributed by atoms with van der Waals surface area (Å²) in [5.41, 5.74) is 5.47. The molecule has 0 radical (unpaired) electrons. The normalized spacial score (nSPS) is 26.5. The summed E-state index contributed by atoms with van der Waals surface area (Å²) in [5, 5.41) is 0. The Morgan fingerprint density at radius 1 is 1.60 bits per heavy atom. The number of nitrogens with two attached hydrogens (primary N) is 1. The summed E-state index contributed by atoms with van der Waals surface area (Å²) in [4.78, 5) is 12.2. The van der Waals surface area contributed by atoms with E-state index in [1.807, 2.05) is 4.90 Å². The Morgan fingerprint density at radius 3 is 2.90 bits per heavy atom. The Labute approximate surface area is 61.2 Å². The van der Waals surface area contributed by atoms with Crippen molar-refractivity contribution in [3.05, 3.63) is 0 Å². The van der Waals surface area contributed by atoms with Gasteiger partial charge in [0.05, 0.1) is 0 Å². The van der Waals surface area contributed by atoms with Crippen molar-refractivity contribution in [3.8, 4) is 0 Å². The molecule has 1 fully saturated rings. The highest BCUT2D eigenvalue weighted by atomic mass is 16.1. The minimum Gasteiger partial charge on any atom is -0.341 e.